The number of carboxylic acid groups (broad SMARTS) is 1. The number of carboxylic acids is 1. The van der Waals surface area contributed by atoms with Gasteiger partial charge in [0.1, 0.15) is 0 Å². The van der Waals surface area contributed by atoms with Crippen LogP contribution in [0.3, 0.4) is 0 Å². The molecule has 1 N–H and O–H groups in total. The lowest BCUT2D eigenvalue weighted by Gasteiger charge is -2.36. The van der Waals surface area contributed by atoms with Gasteiger partial charge < -0.3 is 29.5 Å². The first-order valence-electron chi connectivity index (χ1n) is 6.50. The number of unbranched alkanes of at least 4 members (excludes halogenated alkanes) is 1. The van der Waals surface area contributed by atoms with Crippen LogP contribution in [0.4, 0.5) is 0 Å². The molecule has 0 amide bonds. The molecule has 124 valence electrons. The van der Waals surface area contributed by atoms with Crippen molar-refractivity contribution in [2.24, 2.45) is 0 Å². The van der Waals surface area contributed by atoms with Gasteiger partial charge in [0.2, 0.25) is 0 Å². The Bertz CT molecular complexity index is 566. The third-order valence-electron chi connectivity index (χ3n) is 2.72. The van der Waals surface area contributed by atoms with E-state index in [0.29, 0.717) is 5.56 Å². The van der Waals surface area contributed by atoms with Crippen LogP contribution in [0.1, 0.15) is 37.8 Å². The van der Waals surface area contributed by atoms with Crippen molar-refractivity contribution < 1.29 is 34.3 Å². The van der Waals surface area contributed by atoms with Gasteiger partial charge in [-0.2, -0.15) is 7.82 Å². The third-order valence-corrected chi connectivity index (χ3v) is 2.72. The summed E-state index contributed by atoms with van der Waals surface area (Å²) >= 11 is 0. The molecule has 0 saturated carbocycles. The van der Waals surface area contributed by atoms with Crippen LogP contribution in [0.15, 0.2) is 29.8 Å². The smallest absolute Gasteiger partial charge is 0.330 e. The molecule has 0 heterocycles. The minimum Gasteiger partial charge on any atom is -0.872 e. The van der Waals surface area contributed by atoms with Gasteiger partial charge in [0.25, 0.3) is 0 Å². The lowest BCUT2D eigenvalue weighted by Crippen LogP contribution is -2.24. The van der Waals surface area contributed by atoms with E-state index in [0.717, 1.165) is 24.8 Å². The average molecular weight is 328 g/mol. The number of rotatable bonds is 5. The molecule has 0 aliphatic carbocycles. The van der Waals surface area contributed by atoms with E-state index in [1.165, 1.54) is 6.92 Å². The molecule has 7 nitrogen and oxygen atoms in total. The highest BCUT2D eigenvalue weighted by molar-refractivity contribution is 7.40. The zero-order valence-corrected chi connectivity index (χ0v) is 13.2. The third kappa shape index (κ3) is 8.59. The summed E-state index contributed by atoms with van der Waals surface area (Å²) in [5.41, 5.74) is 1.31. The first-order chi connectivity index (χ1) is 10.1. The van der Waals surface area contributed by atoms with Gasteiger partial charge in [0, 0.05) is 5.57 Å². The number of hydrogen-bond donors (Lipinski definition) is 1. The zero-order valence-electron chi connectivity index (χ0n) is 12.3. The summed E-state index contributed by atoms with van der Waals surface area (Å²) < 4.78 is 8.55. The molecule has 0 fully saturated rings. The van der Waals surface area contributed by atoms with Crippen molar-refractivity contribution in [1.29, 1.82) is 0 Å². The maximum Gasteiger partial charge on any atom is 0.330 e. The van der Waals surface area contributed by atoms with Crippen LogP contribution in [-0.2, 0) is 15.8 Å². The summed E-state index contributed by atoms with van der Waals surface area (Å²) in [5, 5.41) is 20.8. The van der Waals surface area contributed by atoms with Crippen molar-refractivity contribution in [2.75, 3.05) is 0 Å². The van der Waals surface area contributed by atoms with Crippen molar-refractivity contribution in [1.82, 2.24) is 0 Å². The molecule has 0 spiro atoms. The second kappa shape index (κ2) is 9.38. The fourth-order valence-electron chi connectivity index (χ4n) is 1.63. The second-order valence-corrected chi connectivity index (χ2v) is 5.36. The summed E-state index contributed by atoms with van der Waals surface area (Å²) in [6.45, 7) is 3.43. The summed E-state index contributed by atoms with van der Waals surface area (Å²) in [5.74, 6) is -1.54. The van der Waals surface area contributed by atoms with E-state index in [4.69, 9.17) is 24.4 Å². The van der Waals surface area contributed by atoms with Gasteiger partial charge in [0.05, 0.1) is 0 Å². The summed E-state index contributed by atoms with van der Waals surface area (Å²) in [6.07, 6.45) is 2.85. The lowest BCUT2D eigenvalue weighted by atomic mass is 9.99. The molecule has 0 aromatic heterocycles. The second-order valence-electron chi connectivity index (χ2n) is 4.47. The molecule has 22 heavy (non-hydrogen) atoms. The number of aryl methyl sites for hydroxylation is 1. The molecule has 0 bridgehead atoms. The normalized spacial score (nSPS) is 12.0. The van der Waals surface area contributed by atoms with Crippen LogP contribution in [0.2, 0.25) is 0 Å². The highest BCUT2D eigenvalue weighted by atomic mass is 31.2. The van der Waals surface area contributed by atoms with Gasteiger partial charge in [0.15, 0.2) is 0 Å². The van der Waals surface area contributed by atoms with Crippen molar-refractivity contribution in [3.8, 4) is 0 Å². The Hall–Kier alpha value is -1.66. The Labute approximate surface area is 128 Å². The lowest BCUT2D eigenvalue weighted by molar-refractivity contribution is -0.432. The highest BCUT2D eigenvalue weighted by Crippen LogP contribution is 2.20. The summed E-state index contributed by atoms with van der Waals surface area (Å²) in [4.78, 5) is 36.4. The monoisotopic (exact) mass is 328 g/mol. The van der Waals surface area contributed by atoms with Gasteiger partial charge in [-0.05, 0) is 30.9 Å². The molecule has 1 aromatic rings. The van der Waals surface area contributed by atoms with Crippen LogP contribution >= 0.6 is 7.82 Å². The minimum absolute atomic E-state index is 0.131. The quantitative estimate of drug-likeness (QED) is 0.430. The molecular weight excluding hydrogens is 311 g/mol. The molecule has 1 rings (SSSR count). The fourth-order valence-corrected chi connectivity index (χ4v) is 1.63. The summed E-state index contributed by atoms with van der Waals surface area (Å²) in [6, 6.07) is 7.22. The Morgan fingerprint density at radius 1 is 1.23 bits per heavy atom. The first kappa shape index (κ1) is 20.3. The largest absolute Gasteiger partial charge is 0.872 e. The zero-order chi connectivity index (χ0) is 17.3. The van der Waals surface area contributed by atoms with E-state index < -0.39 is 13.8 Å². The molecule has 0 aliphatic rings. The van der Waals surface area contributed by atoms with E-state index in [2.05, 4.69) is 6.92 Å². The number of hydrogen-bond acceptors (Lipinski definition) is 6. The van der Waals surface area contributed by atoms with Gasteiger partial charge in [-0.1, -0.05) is 43.4 Å². The molecule has 8 heteroatoms. The van der Waals surface area contributed by atoms with Crippen LogP contribution in [-0.4, -0.2) is 11.1 Å². The van der Waals surface area contributed by atoms with E-state index in [-0.39, 0.29) is 11.3 Å². The maximum atomic E-state index is 12.0. The van der Waals surface area contributed by atoms with Crippen molar-refractivity contribution in [3.63, 3.8) is 0 Å². The van der Waals surface area contributed by atoms with Crippen LogP contribution < -0.4 is 19.8 Å². The van der Waals surface area contributed by atoms with E-state index >= 15 is 0 Å². The first-order valence-corrected chi connectivity index (χ1v) is 7.96. The van der Waals surface area contributed by atoms with Crippen LogP contribution in [0.25, 0.3) is 5.76 Å². The van der Waals surface area contributed by atoms with Crippen LogP contribution in [0, 0.1) is 0 Å². The fraction of sp³-hybridized carbons (Fsp3) is 0.357. The van der Waals surface area contributed by atoms with Crippen LogP contribution in [0.5, 0.6) is 0 Å². The maximum absolute atomic E-state index is 12.0. The van der Waals surface area contributed by atoms with Crippen molar-refractivity contribution in [3.05, 3.63) is 41.0 Å². The van der Waals surface area contributed by atoms with Crippen molar-refractivity contribution >= 4 is 19.6 Å². The predicted molar refractivity (Wildman–Crippen MR) is 72.9 cm³/mol. The Morgan fingerprint density at radius 2 is 1.73 bits per heavy atom. The van der Waals surface area contributed by atoms with Gasteiger partial charge >= 0.3 is 5.97 Å². The number of phosphoric acid groups is 1. The average Bonchev–Trinajstić information content (AvgIpc) is 2.42. The van der Waals surface area contributed by atoms with Gasteiger partial charge in [-0.3, -0.25) is 0 Å². The van der Waals surface area contributed by atoms with Gasteiger partial charge in [-0.25, -0.2) is 4.79 Å². The molecule has 0 unspecified atom stereocenters. The van der Waals surface area contributed by atoms with E-state index in [9.17, 15) is 9.90 Å². The SMILES string of the molecule is CCCCc1ccccc1/C([O-])=C(\C)C(=O)O.O=P([O-])([O-])[O-]. The summed E-state index contributed by atoms with van der Waals surface area (Å²) in [7, 11) is -5.39. The number of aliphatic carboxylic acids is 1. The highest BCUT2D eigenvalue weighted by Gasteiger charge is 2.06. The molecule has 0 saturated heterocycles. The van der Waals surface area contributed by atoms with Crippen molar-refractivity contribution in [2.45, 2.75) is 33.1 Å². The Morgan fingerprint density at radius 3 is 2.18 bits per heavy atom. The molecule has 1 aromatic carbocycles. The molecule has 0 atom stereocenters. The molecule has 0 radical (unpaired) electrons. The molecule has 0 aliphatic heterocycles. The Balaban J connectivity index is 0.000000763. The Kier molecular flexibility index (Phi) is 8.67. The van der Waals surface area contributed by atoms with Gasteiger partial charge in [-0.15, -0.1) is 0 Å². The topological polar surface area (TPSA) is 147 Å². The molecular formula is C14H17O7P-4. The number of carbonyl (C=O) groups is 1. The standard InChI is InChI=1S/C14H18O3.H3O4P/c1-3-4-7-11-8-5-6-9-12(11)13(15)10(2)14(16)17;1-5(2,3)4/h5-6,8-9,15H,3-4,7H2,1-2H3,(H,16,17);(H3,1,2,3,4)/p-4/b13-10-;. The van der Waals surface area contributed by atoms with E-state index in [1.54, 1.807) is 12.1 Å². The van der Waals surface area contributed by atoms with E-state index in [1.807, 2.05) is 12.1 Å². The predicted octanol–water partition coefficient (Wildman–Crippen LogP) is -0.619. The number of benzene rings is 1. The minimum atomic E-state index is -5.39.